The number of aryl methyl sites for hydroxylation is 1. The van der Waals surface area contributed by atoms with Gasteiger partial charge >= 0.3 is 0 Å². The van der Waals surface area contributed by atoms with Crippen molar-refractivity contribution >= 4 is 17.2 Å². The lowest BCUT2D eigenvalue weighted by atomic mass is 10.2. The maximum absolute atomic E-state index is 12.9. The monoisotopic (exact) mass is 320 g/mol. The Morgan fingerprint density at radius 1 is 1.27 bits per heavy atom. The molecular weight excluding hydrogens is 299 g/mol. The molecule has 1 aromatic heterocycles. The fraction of sp³-hybridized carbons (Fsp3) is 0.412. The molecule has 0 radical (unpaired) electrons. The van der Waals surface area contributed by atoms with Gasteiger partial charge < -0.3 is 5.32 Å². The third-order valence-corrected chi connectivity index (χ3v) is 4.27. The fourth-order valence-corrected chi connectivity index (χ4v) is 2.90. The van der Waals surface area contributed by atoms with Crippen molar-refractivity contribution in [3.05, 3.63) is 40.5 Å². The first-order valence-electron chi connectivity index (χ1n) is 7.66. The van der Waals surface area contributed by atoms with Crippen molar-refractivity contribution < 1.29 is 9.18 Å². The Hall–Kier alpha value is -1.75. The van der Waals surface area contributed by atoms with E-state index in [0.717, 1.165) is 42.1 Å². The van der Waals surface area contributed by atoms with E-state index in [9.17, 15) is 9.18 Å². The molecule has 1 N–H and O–H groups in total. The molecule has 3 nitrogen and oxygen atoms in total. The lowest BCUT2D eigenvalue weighted by Crippen LogP contribution is -2.24. The van der Waals surface area contributed by atoms with Crippen LogP contribution in [0.15, 0.2) is 29.6 Å². The Balaban J connectivity index is 1.79. The van der Waals surface area contributed by atoms with Crippen molar-refractivity contribution in [2.45, 2.75) is 39.0 Å². The number of benzene rings is 1. The minimum atomic E-state index is -0.251. The van der Waals surface area contributed by atoms with Gasteiger partial charge in [-0.25, -0.2) is 9.37 Å². The molecule has 1 aromatic carbocycles. The van der Waals surface area contributed by atoms with Crippen LogP contribution < -0.4 is 5.32 Å². The number of amides is 1. The first-order chi connectivity index (χ1) is 10.7. The summed E-state index contributed by atoms with van der Waals surface area (Å²) in [6.45, 7) is 2.90. The molecule has 0 bridgehead atoms. The number of unbranched alkanes of at least 4 members (excludes halogenated alkanes) is 2. The summed E-state index contributed by atoms with van der Waals surface area (Å²) in [5, 5.41) is 5.81. The average Bonchev–Trinajstić information content (AvgIpc) is 2.99. The highest BCUT2D eigenvalue weighted by atomic mass is 32.1. The highest BCUT2D eigenvalue weighted by Crippen LogP contribution is 2.22. The number of thiazole rings is 1. The van der Waals surface area contributed by atoms with E-state index in [1.54, 1.807) is 12.1 Å². The largest absolute Gasteiger partial charge is 0.356 e. The van der Waals surface area contributed by atoms with Gasteiger partial charge in [-0.2, -0.15) is 0 Å². The number of aromatic nitrogens is 1. The third-order valence-electron chi connectivity index (χ3n) is 3.36. The van der Waals surface area contributed by atoms with Crippen molar-refractivity contribution in [3.63, 3.8) is 0 Å². The van der Waals surface area contributed by atoms with E-state index in [-0.39, 0.29) is 11.7 Å². The van der Waals surface area contributed by atoms with Crippen molar-refractivity contribution in [1.29, 1.82) is 0 Å². The van der Waals surface area contributed by atoms with Crippen LogP contribution in [0, 0.1) is 5.82 Å². The second kappa shape index (κ2) is 8.63. The zero-order valence-electron chi connectivity index (χ0n) is 12.8. The third kappa shape index (κ3) is 5.22. The van der Waals surface area contributed by atoms with Gasteiger partial charge in [-0.05, 0) is 30.7 Å². The van der Waals surface area contributed by atoms with E-state index in [4.69, 9.17) is 0 Å². The zero-order valence-corrected chi connectivity index (χ0v) is 13.6. The van der Waals surface area contributed by atoms with Crippen molar-refractivity contribution in [2.24, 2.45) is 0 Å². The maximum Gasteiger partial charge on any atom is 0.220 e. The number of carbonyl (C=O) groups excluding carboxylic acids is 1. The molecule has 0 atom stereocenters. The molecule has 0 saturated heterocycles. The molecule has 0 aliphatic heterocycles. The van der Waals surface area contributed by atoms with Crippen molar-refractivity contribution in [3.8, 4) is 11.3 Å². The molecule has 0 unspecified atom stereocenters. The van der Waals surface area contributed by atoms with Crippen LogP contribution in [0.1, 0.15) is 37.6 Å². The van der Waals surface area contributed by atoms with Gasteiger partial charge in [0.25, 0.3) is 0 Å². The van der Waals surface area contributed by atoms with Gasteiger partial charge in [-0.1, -0.05) is 19.8 Å². The van der Waals surface area contributed by atoms with Gasteiger partial charge in [0.1, 0.15) is 5.82 Å². The Morgan fingerprint density at radius 2 is 2.05 bits per heavy atom. The number of hydrogen-bond acceptors (Lipinski definition) is 3. The van der Waals surface area contributed by atoms with Gasteiger partial charge in [0.2, 0.25) is 5.91 Å². The highest BCUT2D eigenvalue weighted by Gasteiger charge is 2.07. The second-order valence-electron chi connectivity index (χ2n) is 5.19. The van der Waals surface area contributed by atoms with Gasteiger partial charge in [0.05, 0.1) is 10.7 Å². The van der Waals surface area contributed by atoms with E-state index in [1.807, 2.05) is 5.38 Å². The number of rotatable bonds is 8. The molecule has 2 aromatic rings. The van der Waals surface area contributed by atoms with Crippen LogP contribution in [0.4, 0.5) is 4.39 Å². The fourth-order valence-electron chi connectivity index (χ4n) is 2.09. The highest BCUT2D eigenvalue weighted by molar-refractivity contribution is 7.09. The summed E-state index contributed by atoms with van der Waals surface area (Å²) in [7, 11) is 0. The van der Waals surface area contributed by atoms with E-state index in [2.05, 4.69) is 17.2 Å². The van der Waals surface area contributed by atoms with Crippen molar-refractivity contribution in [1.82, 2.24) is 10.3 Å². The second-order valence-corrected chi connectivity index (χ2v) is 6.13. The Morgan fingerprint density at radius 3 is 2.77 bits per heavy atom. The number of halogens is 1. The van der Waals surface area contributed by atoms with E-state index >= 15 is 0 Å². The number of carbonyl (C=O) groups is 1. The zero-order chi connectivity index (χ0) is 15.8. The normalized spacial score (nSPS) is 10.6. The Bertz CT molecular complexity index is 595. The Labute approximate surface area is 134 Å². The van der Waals surface area contributed by atoms with E-state index < -0.39 is 0 Å². The van der Waals surface area contributed by atoms with Gasteiger partial charge in [-0.15, -0.1) is 11.3 Å². The molecule has 1 amide bonds. The molecule has 0 saturated carbocycles. The summed E-state index contributed by atoms with van der Waals surface area (Å²) >= 11 is 1.54. The molecule has 0 aliphatic carbocycles. The first kappa shape index (κ1) is 16.6. The summed E-state index contributed by atoms with van der Waals surface area (Å²) in [4.78, 5) is 16.2. The van der Waals surface area contributed by atoms with E-state index in [0.29, 0.717) is 12.8 Å². The molecular formula is C17H21FN2OS. The smallest absolute Gasteiger partial charge is 0.220 e. The summed E-state index contributed by atoms with van der Waals surface area (Å²) in [5.74, 6) is -0.173. The molecule has 118 valence electrons. The van der Waals surface area contributed by atoms with Gasteiger partial charge in [-0.3, -0.25) is 4.79 Å². The summed E-state index contributed by atoms with van der Waals surface area (Å²) < 4.78 is 12.9. The van der Waals surface area contributed by atoms with Crippen LogP contribution in [0.25, 0.3) is 11.3 Å². The van der Waals surface area contributed by atoms with Crippen LogP contribution in [0.5, 0.6) is 0 Å². The topological polar surface area (TPSA) is 42.0 Å². The van der Waals surface area contributed by atoms with Crippen LogP contribution >= 0.6 is 11.3 Å². The van der Waals surface area contributed by atoms with E-state index in [1.165, 1.54) is 23.5 Å². The molecule has 0 aliphatic rings. The molecule has 22 heavy (non-hydrogen) atoms. The average molecular weight is 320 g/mol. The predicted octanol–water partition coefficient (Wildman–Crippen LogP) is 4.19. The number of hydrogen-bond donors (Lipinski definition) is 1. The van der Waals surface area contributed by atoms with Gasteiger partial charge in [0, 0.05) is 30.3 Å². The van der Waals surface area contributed by atoms with Crippen LogP contribution in [-0.2, 0) is 11.2 Å². The molecule has 2 rings (SSSR count). The van der Waals surface area contributed by atoms with Crippen LogP contribution in [0.2, 0.25) is 0 Å². The quantitative estimate of drug-likeness (QED) is 0.741. The first-order valence-corrected chi connectivity index (χ1v) is 8.54. The maximum atomic E-state index is 12.9. The van der Waals surface area contributed by atoms with Gasteiger partial charge in [0.15, 0.2) is 0 Å². The molecule has 0 spiro atoms. The predicted molar refractivity (Wildman–Crippen MR) is 88.4 cm³/mol. The number of nitrogens with zero attached hydrogens (tertiary/aromatic N) is 1. The lowest BCUT2D eigenvalue weighted by molar-refractivity contribution is -0.121. The lowest BCUT2D eigenvalue weighted by Gasteiger charge is -2.03. The molecule has 1 heterocycles. The summed E-state index contributed by atoms with van der Waals surface area (Å²) in [5.41, 5.74) is 1.73. The molecule has 0 fully saturated rings. The van der Waals surface area contributed by atoms with Crippen LogP contribution in [0.3, 0.4) is 0 Å². The summed E-state index contributed by atoms with van der Waals surface area (Å²) in [6.07, 6.45) is 4.44. The van der Waals surface area contributed by atoms with Crippen LogP contribution in [-0.4, -0.2) is 17.4 Å². The Kier molecular flexibility index (Phi) is 6.52. The minimum absolute atomic E-state index is 0.0784. The van der Waals surface area contributed by atoms with Crippen molar-refractivity contribution in [2.75, 3.05) is 6.54 Å². The minimum Gasteiger partial charge on any atom is -0.356 e. The SMILES string of the molecule is CCCCCNC(=O)CCc1nc(-c2ccc(F)cc2)cs1. The standard InChI is InChI=1S/C17H21FN2OS/c1-2-3-4-11-19-16(21)9-10-17-20-15(12-22-17)13-5-7-14(18)8-6-13/h5-8,12H,2-4,9-11H2,1H3,(H,19,21). The molecule has 5 heteroatoms. The number of nitrogens with one attached hydrogen (secondary N) is 1. The summed E-state index contributed by atoms with van der Waals surface area (Å²) in [6, 6.07) is 6.29.